The maximum Gasteiger partial charge on any atom is 0.160 e. The third-order valence-electron chi connectivity index (χ3n) is 3.99. The number of pyridine rings is 1. The number of alkyl halides is 1. The summed E-state index contributed by atoms with van der Waals surface area (Å²) in [4.78, 5) is 9.11. The van der Waals surface area contributed by atoms with Crippen molar-refractivity contribution in [2.24, 2.45) is 5.41 Å². The zero-order chi connectivity index (χ0) is 14.2. The van der Waals surface area contributed by atoms with Gasteiger partial charge in [-0.15, -0.1) is 11.6 Å². The van der Waals surface area contributed by atoms with Crippen LogP contribution < -0.4 is 0 Å². The van der Waals surface area contributed by atoms with Crippen molar-refractivity contribution >= 4 is 38.7 Å². The molecule has 2 aromatic rings. The maximum absolute atomic E-state index is 6.06. The Kier molecular flexibility index (Phi) is 4.02. The first-order valence-corrected chi connectivity index (χ1v) is 8.08. The van der Waals surface area contributed by atoms with E-state index in [0.29, 0.717) is 5.88 Å². The fourth-order valence-corrected chi connectivity index (χ4v) is 3.23. The summed E-state index contributed by atoms with van der Waals surface area (Å²) in [6.07, 6.45) is 3.93. The molecule has 0 spiro atoms. The van der Waals surface area contributed by atoms with E-state index >= 15 is 0 Å². The molecule has 3 heterocycles. The first kappa shape index (κ1) is 14.3. The summed E-state index contributed by atoms with van der Waals surface area (Å²) < 4.78 is 8.58. The number of aromatic nitrogens is 3. The SMILES string of the molecule is CC1(Cn2c(CCl)nc3cc(Br)cnc32)CCOCC1. The topological polar surface area (TPSA) is 39.9 Å². The molecule has 0 saturated carbocycles. The van der Waals surface area contributed by atoms with Gasteiger partial charge < -0.3 is 9.30 Å². The van der Waals surface area contributed by atoms with Crippen molar-refractivity contribution in [2.75, 3.05) is 13.2 Å². The summed E-state index contributed by atoms with van der Waals surface area (Å²) >= 11 is 9.49. The Morgan fingerprint density at radius 2 is 2.20 bits per heavy atom. The lowest BCUT2D eigenvalue weighted by atomic mass is 9.82. The highest BCUT2D eigenvalue weighted by Crippen LogP contribution is 2.33. The van der Waals surface area contributed by atoms with E-state index in [1.54, 1.807) is 0 Å². The van der Waals surface area contributed by atoms with E-state index < -0.39 is 0 Å². The third-order valence-corrected chi connectivity index (χ3v) is 4.66. The minimum Gasteiger partial charge on any atom is -0.381 e. The molecule has 0 atom stereocenters. The van der Waals surface area contributed by atoms with Crippen LogP contribution in [-0.4, -0.2) is 27.7 Å². The van der Waals surface area contributed by atoms with Crippen molar-refractivity contribution in [3.05, 3.63) is 22.6 Å². The van der Waals surface area contributed by atoms with Gasteiger partial charge in [-0.2, -0.15) is 0 Å². The average molecular weight is 359 g/mol. The van der Waals surface area contributed by atoms with Gasteiger partial charge in [-0.1, -0.05) is 6.92 Å². The number of halogens is 2. The van der Waals surface area contributed by atoms with Gasteiger partial charge in [0, 0.05) is 30.4 Å². The predicted octanol–water partition coefficient (Wildman–Crippen LogP) is 3.75. The molecule has 108 valence electrons. The number of rotatable bonds is 3. The lowest BCUT2D eigenvalue weighted by Crippen LogP contribution is -2.31. The second-order valence-corrected chi connectivity index (χ2v) is 6.85. The van der Waals surface area contributed by atoms with Crippen LogP contribution in [0.15, 0.2) is 16.7 Å². The molecular formula is C14H17BrClN3O. The fraction of sp³-hybridized carbons (Fsp3) is 0.571. The molecule has 3 rings (SSSR count). The normalized spacial score (nSPS) is 18.6. The van der Waals surface area contributed by atoms with Gasteiger partial charge in [0.2, 0.25) is 0 Å². The van der Waals surface area contributed by atoms with Crippen molar-refractivity contribution in [3.63, 3.8) is 0 Å². The molecule has 0 aliphatic carbocycles. The predicted molar refractivity (Wildman–Crippen MR) is 82.9 cm³/mol. The number of nitrogens with zero attached hydrogens (tertiary/aromatic N) is 3. The molecule has 6 heteroatoms. The molecule has 4 nitrogen and oxygen atoms in total. The summed E-state index contributed by atoms with van der Waals surface area (Å²) in [6, 6.07) is 1.99. The summed E-state index contributed by atoms with van der Waals surface area (Å²) in [5.74, 6) is 1.29. The van der Waals surface area contributed by atoms with Crippen LogP contribution in [0.1, 0.15) is 25.6 Å². The average Bonchev–Trinajstić information content (AvgIpc) is 2.76. The highest BCUT2D eigenvalue weighted by Gasteiger charge is 2.29. The molecule has 0 amide bonds. The molecule has 0 N–H and O–H groups in total. The molecule has 0 unspecified atom stereocenters. The Balaban J connectivity index is 2.01. The highest BCUT2D eigenvalue weighted by molar-refractivity contribution is 9.10. The smallest absolute Gasteiger partial charge is 0.160 e. The molecule has 0 radical (unpaired) electrons. The summed E-state index contributed by atoms with van der Waals surface area (Å²) in [6.45, 7) is 4.86. The Labute approximate surface area is 131 Å². The van der Waals surface area contributed by atoms with Gasteiger partial charge in [0.1, 0.15) is 11.3 Å². The van der Waals surface area contributed by atoms with Crippen LogP contribution in [0.3, 0.4) is 0 Å². The van der Waals surface area contributed by atoms with Crippen LogP contribution in [-0.2, 0) is 17.2 Å². The minimum atomic E-state index is 0.224. The molecule has 0 bridgehead atoms. The Hall–Kier alpha value is -0.650. The van der Waals surface area contributed by atoms with Crippen LogP contribution in [0.5, 0.6) is 0 Å². The van der Waals surface area contributed by atoms with Crippen molar-refractivity contribution in [1.29, 1.82) is 0 Å². The fourth-order valence-electron chi connectivity index (χ4n) is 2.71. The standard InChI is InChI=1S/C14H17BrClN3O/c1-14(2-4-20-5-3-14)9-19-12(7-16)18-11-6-10(15)8-17-13(11)19/h6,8H,2-5,7,9H2,1H3. The number of hydrogen-bond acceptors (Lipinski definition) is 3. The highest BCUT2D eigenvalue weighted by atomic mass is 79.9. The maximum atomic E-state index is 6.06. The second kappa shape index (κ2) is 5.62. The van der Waals surface area contributed by atoms with E-state index in [-0.39, 0.29) is 5.41 Å². The molecule has 0 aromatic carbocycles. The van der Waals surface area contributed by atoms with E-state index in [0.717, 1.165) is 54.1 Å². The van der Waals surface area contributed by atoms with Crippen LogP contribution >= 0.6 is 27.5 Å². The molecule has 1 saturated heterocycles. The number of imidazole rings is 1. The van der Waals surface area contributed by atoms with Gasteiger partial charge in [0.25, 0.3) is 0 Å². The van der Waals surface area contributed by atoms with Gasteiger partial charge in [-0.3, -0.25) is 0 Å². The zero-order valence-corrected chi connectivity index (χ0v) is 13.7. The Morgan fingerprint density at radius 1 is 1.45 bits per heavy atom. The Morgan fingerprint density at radius 3 is 2.90 bits per heavy atom. The van der Waals surface area contributed by atoms with E-state index in [1.807, 2.05) is 12.3 Å². The Bertz CT molecular complexity index is 622. The van der Waals surface area contributed by atoms with Gasteiger partial charge in [-0.05, 0) is 40.3 Å². The van der Waals surface area contributed by atoms with Crippen LogP contribution in [0.4, 0.5) is 0 Å². The number of hydrogen-bond donors (Lipinski definition) is 0. The van der Waals surface area contributed by atoms with Gasteiger partial charge in [-0.25, -0.2) is 9.97 Å². The first-order valence-electron chi connectivity index (χ1n) is 6.76. The molecule has 1 fully saturated rings. The number of fused-ring (bicyclic) bond motifs is 1. The van der Waals surface area contributed by atoms with Crippen LogP contribution in [0.25, 0.3) is 11.2 Å². The lowest BCUT2D eigenvalue weighted by Gasteiger charge is -2.34. The van der Waals surface area contributed by atoms with E-state index in [2.05, 4.69) is 37.4 Å². The van der Waals surface area contributed by atoms with E-state index in [9.17, 15) is 0 Å². The van der Waals surface area contributed by atoms with Gasteiger partial charge >= 0.3 is 0 Å². The largest absolute Gasteiger partial charge is 0.381 e. The minimum absolute atomic E-state index is 0.224. The van der Waals surface area contributed by atoms with Crippen molar-refractivity contribution in [3.8, 4) is 0 Å². The van der Waals surface area contributed by atoms with Gasteiger partial charge in [0.05, 0.1) is 5.88 Å². The molecule has 20 heavy (non-hydrogen) atoms. The molecule has 1 aliphatic heterocycles. The zero-order valence-electron chi connectivity index (χ0n) is 11.4. The lowest BCUT2D eigenvalue weighted by molar-refractivity contribution is 0.0157. The van der Waals surface area contributed by atoms with Crippen LogP contribution in [0, 0.1) is 5.41 Å². The van der Waals surface area contributed by atoms with Crippen molar-refractivity contribution < 1.29 is 4.74 Å². The molecular weight excluding hydrogens is 342 g/mol. The van der Waals surface area contributed by atoms with Crippen molar-refractivity contribution in [1.82, 2.24) is 14.5 Å². The summed E-state index contributed by atoms with van der Waals surface area (Å²) in [5.41, 5.74) is 2.03. The first-order chi connectivity index (χ1) is 9.61. The summed E-state index contributed by atoms with van der Waals surface area (Å²) in [7, 11) is 0. The monoisotopic (exact) mass is 357 g/mol. The van der Waals surface area contributed by atoms with E-state index in [4.69, 9.17) is 16.3 Å². The van der Waals surface area contributed by atoms with Crippen molar-refractivity contribution in [2.45, 2.75) is 32.2 Å². The number of ether oxygens (including phenoxy) is 1. The molecule has 1 aliphatic rings. The van der Waals surface area contributed by atoms with Gasteiger partial charge in [0.15, 0.2) is 5.65 Å². The van der Waals surface area contributed by atoms with E-state index in [1.165, 1.54) is 0 Å². The second-order valence-electron chi connectivity index (χ2n) is 5.67. The third kappa shape index (κ3) is 2.71. The van der Waals surface area contributed by atoms with Crippen LogP contribution in [0.2, 0.25) is 0 Å². The summed E-state index contributed by atoms with van der Waals surface area (Å²) in [5, 5.41) is 0. The quantitative estimate of drug-likeness (QED) is 0.785. The molecule has 2 aromatic heterocycles.